The van der Waals surface area contributed by atoms with Gasteiger partial charge in [-0.2, -0.15) is 0 Å². The molecule has 0 aromatic heterocycles. The van der Waals surface area contributed by atoms with Crippen LogP contribution < -0.4 is 0 Å². The van der Waals surface area contributed by atoms with Gasteiger partial charge in [-0.25, -0.2) is 4.79 Å². The predicted octanol–water partition coefficient (Wildman–Crippen LogP) is 4.81. The van der Waals surface area contributed by atoms with E-state index in [1.807, 2.05) is 52.0 Å². The van der Waals surface area contributed by atoms with Gasteiger partial charge in [-0.1, -0.05) is 23.7 Å². The Labute approximate surface area is 172 Å². The van der Waals surface area contributed by atoms with Crippen LogP contribution in [0, 0.1) is 11.8 Å². The number of benzene rings is 1. The third-order valence-electron chi connectivity index (χ3n) is 5.83. The lowest BCUT2D eigenvalue weighted by Gasteiger charge is -2.37. The summed E-state index contributed by atoms with van der Waals surface area (Å²) in [6, 6.07) is 7.83. The Bertz CT molecular complexity index is 719. The number of nitrogens with zero attached hydrogens (tertiary/aromatic N) is 1. The summed E-state index contributed by atoms with van der Waals surface area (Å²) in [6.07, 6.45) is 2.23. The fraction of sp³-hybridized carbons (Fsp3) is 0.636. The highest BCUT2D eigenvalue weighted by atomic mass is 35.5. The van der Waals surface area contributed by atoms with E-state index < -0.39 is 5.60 Å². The zero-order chi connectivity index (χ0) is 20.5. The number of carbonyl (C=O) groups is 2. The van der Waals surface area contributed by atoms with Gasteiger partial charge in [-0.05, 0) is 70.6 Å². The van der Waals surface area contributed by atoms with E-state index in [4.69, 9.17) is 21.1 Å². The molecule has 1 amide bonds. The smallest absolute Gasteiger partial charge is 0.410 e. The molecule has 1 aromatic rings. The third kappa shape index (κ3) is 4.29. The maximum Gasteiger partial charge on any atom is 0.410 e. The summed E-state index contributed by atoms with van der Waals surface area (Å²) in [6.45, 7) is 9.14. The number of ether oxygens (including phenoxy) is 2. The molecule has 0 spiro atoms. The van der Waals surface area contributed by atoms with E-state index in [2.05, 4.69) is 0 Å². The number of amides is 1. The molecule has 0 radical (unpaired) electrons. The van der Waals surface area contributed by atoms with Gasteiger partial charge >= 0.3 is 12.1 Å². The Balaban J connectivity index is 1.74. The van der Waals surface area contributed by atoms with Gasteiger partial charge < -0.3 is 14.4 Å². The molecule has 6 heteroatoms. The first-order chi connectivity index (χ1) is 13.2. The zero-order valence-corrected chi connectivity index (χ0v) is 17.9. The quantitative estimate of drug-likeness (QED) is 0.672. The predicted molar refractivity (Wildman–Crippen MR) is 108 cm³/mol. The van der Waals surface area contributed by atoms with Crippen LogP contribution >= 0.6 is 11.6 Å². The molecule has 3 rings (SSSR count). The highest BCUT2D eigenvalue weighted by Gasteiger charge is 2.64. The molecule has 2 aliphatic rings. The number of halogens is 1. The van der Waals surface area contributed by atoms with Gasteiger partial charge in [0.05, 0.1) is 12.5 Å². The van der Waals surface area contributed by atoms with Crippen molar-refractivity contribution in [2.75, 3.05) is 19.7 Å². The molecule has 1 aromatic carbocycles. The van der Waals surface area contributed by atoms with Gasteiger partial charge in [0, 0.05) is 23.5 Å². The van der Waals surface area contributed by atoms with Crippen LogP contribution in [0.15, 0.2) is 24.3 Å². The average Bonchev–Trinajstić information content (AvgIpc) is 3.38. The third-order valence-corrected chi connectivity index (χ3v) is 6.08. The minimum atomic E-state index is -0.496. The summed E-state index contributed by atoms with van der Waals surface area (Å²) in [5, 5.41) is 0.687. The molecule has 2 fully saturated rings. The van der Waals surface area contributed by atoms with E-state index in [9.17, 15) is 9.59 Å². The van der Waals surface area contributed by atoms with Crippen molar-refractivity contribution in [3.05, 3.63) is 34.9 Å². The first-order valence-corrected chi connectivity index (χ1v) is 10.5. The van der Waals surface area contributed by atoms with Crippen LogP contribution in [-0.4, -0.2) is 42.3 Å². The molecule has 154 valence electrons. The molecular weight excluding hydrogens is 378 g/mol. The fourth-order valence-corrected chi connectivity index (χ4v) is 4.61. The van der Waals surface area contributed by atoms with Crippen LogP contribution in [0.4, 0.5) is 4.79 Å². The second-order valence-electron chi connectivity index (χ2n) is 8.80. The van der Waals surface area contributed by atoms with Crippen molar-refractivity contribution in [1.29, 1.82) is 0 Å². The molecular formula is C22H30ClNO4. The number of piperidine rings is 1. The van der Waals surface area contributed by atoms with Crippen molar-refractivity contribution in [3.8, 4) is 0 Å². The van der Waals surface area contributed by atoms with Crippen molar-refractivity contribution >= 4 is 23.7 Å². The van der Waals surface area contributed by atoms with Crippen LogP contribution in [0.25, 0.3) is 0 Å². The SMILES string of the molecule is CCOC(=O)[C@H]1C[C@]1(c1ccc(Cl)cc1)C1CCN(C(=O)OC(C)(C)C)CC1. The highest BCUT2D eigenvalue weighted by Crippen LogP contribution is 2.62. The molecule has 1 saturated carbocycles. The largest absolute Gasteiger partial charge is 0.466 e. The van der Waals surface area contributed by atoms with Gasteiger partial charge in [-0.15, -0.1) is 0 Å². The highest BCUT2D eigenvalue weighted by molar-refractivity contribution is 6.30. The Morgan fingerprint density at radius 1 is 1.18 bits per heavy atom. The lowest BCUT2D eigenvalue weighted by molar-refractivity contribution is -0.145. The van der Waals surface area contributed by atoms with Gasteiger partial charge in [-0.3, -0.25) is 4.79 Å². The van der Waals surface area contributed by atoms with Crippen molar-refractivity contribution in [3.63, 3.8) is 0 Å². The standard InChI is InChI=1S/C22H30ClNO4/c1-5-27-19(25)18-14-22(18,15-6-8-17(23)9-7-15)16-10-12-24(13-11-16)20(26)28-21(2,3)4/h6-9,16,18H,5,10-14H2,1-4H3/t18-,22+/m1/s1. The summed E-state index contributed by atoms with van der Waals surface area (Å²) in [5.41, 5.74) is 0.437. The topological polar surface area (TPSA) is 55.8 Å². The second kappa shape index (κ2) is 7.94. The normalized spacial score (nSPS) is 25.3. The van der Waals surface area contributed by atoms with Gasteiger partial charge in [0.15, 0.2) is 0 Å². The maximum atomic E-state index is 12.5. The minimum Gasteiger partial charge on any atom is -0.466 e. The van der Waals surface area contributed by atoms with Gasteiger partial charge in [0.25, 0.3) is 0 Å². The molecule has 1 heterocycles. The van der Waals surface area contributed by atoms with E-state index in [0.717, 1.165) is 24.8 Å². The van der Waals surface area contributed by atoms with E-state index in [-0.39, 0.29) is 23.4 Å². The lowest BCUT2D eigenvalue weighted by Crippen LogP contribution is -2.44. The van der Waals surface area contributed by atoms with E-state index in [1.54, 1.807) is 4.90 Å². The van der Waals surface area contributed by atoms with Crippen molar-refractivity contribution in [1.82, 2.24) is 4.90 Å². The Morgan fingerprint density at radius 2 is 1.79 bits per heavy atom. The average molecular weight is 408 g/mol. The molecule has 0 unspecified atom stereocenters. The summed E-state index contributed by atoms with van der Waals surface area (Å²) < 4.78 is 10.8. The summed E-state index contributed by atoms with van der Waals surface area (Å²) in [7, 11) is 0. The van der Waals surface area contributed by atoms with E-state index in [0.29, 0.717) is 30.6 Å². The monoisotopic (exact) mass is 407 g/mol. The van der Waals surface area contributed by atoms with Crippen LogP contribution in [0.3, 0.4) is 0 Å². The molecule has 5 nitrogen and oxygen atoms in total. The van der Waals surface area contributed by atoms with Crippen LogP contribution in [0.2, 0.25) is 5.02 Å². The van der Waals surface area contributed by atoms with Crippen molar-refractivity contribution < 1.29 is 19.1 Å². The molecule has 0 N–H and O–H groups in total. The first kappa shape index (κ1) is 21.0. The molecule has 1 saturated heterocycles. The zero-order valence-electron chi connectivity index (χ0n) is 17.2. The molecule has 0 bridgehead atoms. The number of hydrogen-bond donors (Lipinski definition) is 0. The molecule has 2 atom stereocenters. The van der Waals surface area contributed by atoms with E-state index in [1.165, 1.54) is 0 Å². The summed E-state index contributed by atoms with van der Waals surface area (Å²) >= 11 is 6.07. The van der Waals surface area contributed by atoms with Crippen LogP contribution in [-0.2, 0) is 19.7 Å². The number of carbonyl (C=O) groups excluding carboxylic acids is 2. The Hall–Kier alpha value is -1.75. The number of esters is 1. The molecule has 1 aliphatic carbocycles. The summed E-state index contributed by atoms with van der Waals surface area (Å²) in [5.74, 6) is 0.0838. The number of rotatable bonds is 4. The molecule has 1 aliphatic heterocycles. The minimum absolute atomic E-state index is 0.118. The fourth-order valence-electron chi connectivity index (χ4n) is 4.49. The van der Waals surface area contributed by atoms with Crippen molar-refractivity contribution in [2.45, 2.75) is 58.0 Å². The van der Waals surface area contributed by atoms with Gasteiger partial charge in [0.2, 0.25) is 0 Å². The Morgan fingerprint density at radius 3 is 2.32 bits per heavy atom. The van der Waals surface area contributed by atoms with Crippen molar-refractivity contribution in [2.24, 2.45) is 11.8 Å². The van der Waals surface area contributed by atoms with Crippen LogP contribution in [0.1, 0.15) is 52.5 Å². The molecule has 28 heavy (non-hydrogen) atoms. The summed E-state index contributed by atoms with van der Waals surface area (Å²) in [4.78, 5) is 26.6. The van der Waals surface area contributed by atoms with Crippen LogP contribution in [0.5, 0.6) is 0 Å². The number of hydrogen-bond acceptors (Lipinski definition) is 4. The van der Waals surface area contributed by atoms with E-state index >= 15 is 0 Å². The Kier molecular flexibility index (Phi) is 5.95. The lowest BCUT2D eigenvalue weighted by atomic mass is 9.75. The second-order valence-corrected chi connectivity index (χ2v) is 9.23. The van der Waals surface area contributed by atoms with Gasteiger partial charge in [0.1, 0.15) is 5.60 Å². The first-order valence-electron chi connectivity index (χ1n) is 10.1. The maximum absolute atomic E-state index is 12.5. The number of likely N-dealkylation sites (tertiary alicyclic amines) is 1.